The molecule has 2 aliphatic rings. The van der Waals surface area contributed by atoms with Gasteiger partial charge in [-0.1, -0.05) is 43.5 Å². The van der Waals surface area contributed by atoms with Crippen LogP contribution >= 0.6 is 0 Å². The molecule has 0 atom stereocenters. The minimum absolute atomic E-state index is 0.140. The lowest BCUT2D eigenvalue weighted by atomic mass is 9.89. The summed E-state index contributed by atoms with van der Waals surface area (Å²) in [5, 5.41) is 2.96. The van der Waals surface area contributed by atoms with Crippen LogP contribution in [0.3, 0.4) is 0 Å². The zero-order chi connectivity index (χ0) is 16.1. The smallest absolute Gasteiger partial charge is 0.224 e. The van der Waals surface area contributed by atoms with Gasteiger partial charge in [0.05, 0.1) is 0 Å². The first-order valence-electron chi connectivity index (χ1n) is 8.86. The van der Waals surface area contributed by atoms with Crippen molar-refractivity contribution >= 4 is 11.8 Å². The first-order chi connectivity index (χ1) is 11.2. The fourth-order valence-corrected chi connectivity index (χ4v) is 3.67. The van der Waals surface area contributed by atoms with Crippen molar-refractivity contribution < 1.29 is 9.59 Å². The number of carbonyl (C=O) groups excluding carboxylic acids is 2. The van der Waals surface area contributed by atoms with Crippen molar-refractivity contribution in [2.24, 2.45) is 5.92 Å². The second kappa shape index (κ2) is 7.62. The van der Waals surface area contributed by atoms with Gasteiger partial charge in [-0.05, 0) is 30.4 Å². The maximum Gasteiger partial charge on any atom is 0.224 e. The van der Waals surface area contributed by atoms with Gasteiger partial charge in [0.15, 0.2) is 0 Å². The third kappa shape index (κ3) is 4.12. The zero-order valence-corrected chi connectivity index (χ0v) is 13.7. The van der Waals surface area contributed by atoms with Gasteiger partial charge in [0, 0.05) is 32.0 Å². The lowest BCUT2D eigenvalue weighted by Crippen LogP contribution is -2.39. The van der Waals surface area contributed by atoms with E-state index in [-0.39, 0.29) is 17.7 Å². The van der Waals surface area contributed by atoms with E-state index in [2.05, 4.69) is 23.5 Å². The van der Waals surface area contributed by atoms with E-state index < -0.39 is 0 Å². The molecule has 1 aromatic rings. The molecule has 1 aliphatic heterocycles. The molecule has 2 amide bonds. The molecule has 1 aliphatic carbocycles. The van der Waals surface area contributed by atoms with Crippen LogP contribution in [0.25, 0.3) is 0 Å². The number of hydrogen-bond acceptors (Lipinski definition) is 2. The number of fused-ring (bicyclic) bond motifs is 1. The summed E-state index contributed by atoms with van der Waals surface area (Å²) in [6, 6.07) is 8.31. The highest BCUT2D eigenvalue weighted by atomic mass is 16.2. The predicted molar refractivity (Wildman–Crippen MR) is 89.8 cm³/mol. The highest BCUT2D eigenvalue weighted by molar-refractivity contribution is 5.80. The van der Waals surface area contributed by atoms with E-state index in [0.29, 0.717) is 19.5 Å². The van der Waals surface area contributed by atoms with Gasteiger partial charge in [-0.25, -0.2) is 0 Å². The van der Waals surface area contributed by atoms with E-state index in [1.807, 2.05) is 11.0 Å². The van der Waals surface area contributed by atoms with Crippen LogP contribution < -0.4 is 5.32 Å². The molecule has 4 nitrogen and oxygen atoms in total. The molecule has 0 bridgehead atoms. The largest absolute Gasteiger partial charge is 0.355 e. The Labute approximate surface area is 138 Å². The lowest BCUT2D eigenvalue weighted by molar-refractivity contribution is -0.132. The monoisotopic (exact) mass is 314 g/mol. The third-order valence-electron chi connectivity index (χ3n) is 5.10. The van der Waals surface area contributed by atoms with Gasteiger partial charge in [-0.3, -0.25) is 9.59 Å². The lowest BCUT2D eigenvalue weighted by Gasteiger charge is -2.29. The molecule has 1 aromatic carbocycles. The Morgan fingerprint density at radius 1 is 1.09 bits per heavy atom. The Hall–Kier alpha value is -1.84. The van der Waals surface area contributed by atoms with Crippen molar-refractivity contribution in [1.82, 2.24) is 10.2 Å². The van der Waals surface area contributed by atoms with Gasteiger partial charge in [0.2, 0.25) is 11.8 Å². The Kier molecular flexibility index (Phi) is 5.31. The van der Waals surface area contributed by atoms with Crippen LogP contribution in [0.15, 0.2) is 24.3 Å². The highest BCUT2D eigenvalue weighted by Crippen LogP contribution is 2.23. The van der Waals surface area contributed by atoms with Crippen LogP contribution in [-0.2, 0) is 22.6 Å². The Morgan fingerprint density at radius 3 is 2.61 bits per heavy atom. The van der Waals surface area contributed by atoms with Crippen LogP contribution in [0, 0.1) is 5.92 Å². The minimum Gasteiger partial charge on any atom is -0.355 e. The van der Waals surface area contributed by atoms with Gasteiger partial charge < -0.3 is 10.2 Å². The number of nitrogens with one attached hydrogen (secondary N) is 1. The van der Waals surface area contributed by atoms with Crippen LogP contribution in [-0.4, -0.2) is 29.8 Å². The summed E-state index contributed by atoms with van der Waals surface area (Å²) in [6.07, 6.45) is 6.90. The van der Waals surface area contributed by atoms with E-state index in [1.54, 1.807) is 0 Å². The summed E-state index contributed by atoms with van der Waals surface area (Å²) in [4.78, 5) is 26.3. The predicted octanol–water partition coefficient (Wildman–Crippen LogP) is 2.66. The van der Waals surface area contributed by atoms with Gasteiger partial charge >= 0.3 is 0 Å². The molecule has 1 saturated carbocycles. The maximum atomic E-state index is 12.3. The summed E-state index contributed by atoms with van der Waals surface area (Å²) in [7, 11) is 0. The number of rotatable bonds is 4. The van der Waals surface area contributed by atoms with Crippen molar-refractivity contribution in [3.63, 3.8) is 0 Å². The van der Waals surface area contributed by atoms with E-state index in [0.717, 1.165) is 38.6 Å². The first kappa shape index (κ1) is 16.0. The number of amides is 2. The molecule has 0 radical (unpaired) electrons. The van der Waals surface area contributed by atoms with Crippen molar-refractivity contribution in [3.8, 4) is 0 Å². The molecule has 1 N–H and O–H groups in total. The third-order valence-corrected chi connectivity index (χ3v) is 5.10. The SMILES string of the molecule is O=C(NCCC(=O)N1CCc2ccccc2C1)C1CCCCC1. The molecule has 1 fully saturated rings. The fraction of sp³-hybridized carbons (Fsp3) is 0.579. The molecule has 0 aromatic heterocycles. The van der Waals surface area contributed by atoms with Crippen molar-refractivity contribution in [3.05, 3.63) is 35.4 Å². The van der Waals surface area contributed by atoms with Gasteiger partial charge in [0.25, 0.3) is 0 Å². The Balaban J connectivity index is 1.42. The number of hydrogen-bond donors (Lipinski definition) is 1. The molecular formula is C19H26N2O2. The van der Waals surface area contributed by atoms with E-state index in [1.165, 1.54) is 17.5 Å². The second-order valence-corrected chi connectivity index (χ2v) is 6.71. The van der Waals surface area contributed by atoms with Crippen LogP contribution in [0.4, 0.5) is 0 Å². The van der Waals surface area contributed by atoms with Gasteiger partial charge in [-0.15, -0.1) is 0 Å². The molecular weight excluding hydrogens is 288 g/mol. The molecule has 0 saturated heterocycles. The fourth-order valence-electron chi connectivity index (χ4n) is 3.67. The van der Waals surface area contributed by atoms with Crippen LogP contribution in [0.2, 0.25) is 0 Å². The molecule has 3 rings (SSSR count). The average molecular weight is 314 g/mol. The summed E-state index contributed by atoms with van der Waals surface area (Å²) in [6.45, 7) is 1.95. The molecule has 23 heavy (non-hydrogen) atoms. The summed E-state index contributed by atoms with van der Waals surface area (Å²) in [5.41, 5.74) is 2.60. The Bertz CT molecular complexity index is 564. The molecule has 4 heteroatoms. The topological polar surface area (TPSA) is 49.4 Å². The van der Waals surface area contributed by atoms with Crippen LogP contribution in [0.5, 0.6) is 0 Å². The summed E-state index contributed by atoms with van der Waals surface area (Å²) >= 11 is 0. The van der Waals surface area contributed by atoms with Crippen molar-refractivity contribution in [2.75, 3.05) is 13.1 Å². The minimum atomic E-state index is 0.140. The highest BCUT2D eigenvalue weighted by Gasteiger charge is 2.22. The molecule has 124 valence electrons. The van der Waals surface area contributed by atoms with Gasteiger partial charge in [-0.2, -0.15) is 0 Å². The zero-order valence-electron chi connectivity index (χ0n) is 13.7. The van der Waals surface area contributed by atoms with Crippen molar-refractivity contribution in [1.29, 1.82) is 0 Å². The summed E-state index contributed by atoms with van der Waals surface area (Å²) in [5.74, 6) is 0.450. The standard InChI is InChI=1S/C19H26N2O2/c22-18(10-12-20-19(23)16-7-2-1-3-8-16)21-13-11-15-6-4-5-9-17(15)14-21/h4-6,9,16H,1-3,7-8,10-14H2,(H,20,23). The average Bonchev–Trinajstić information content (AvgIpc) is 2.61. The van der Waals surface area contributed by atoms with Crippen molar-refractivity contribution in [2.45, 2.75) is 51.5 Å². The number of carbonyl (C=O) groups is 2. The molecule has 1 heterocycles. The van der Waals surface area contributed by atoms with E-state index >= 15 is 0 Å². The quantitative estimate of drug-likeness (QED) is 0.929. The molecule has 0 spiro atoms. The summed E-state index contributed by atoms with van der Waals surface area (Å²) < 4.78 is 0. The second-order valence-electron chi connectivity index (χ2n) is 6.71. The normalized spacial score (nSPS) is 18.3. The van der Waals surface area contributed by atoms with Gasteiger partial charge in [0.1, 0.15) is 0 Å². The van der Waals surface area contributed by atoms with Crippen LogP contribution in [0.1, 0.15) is 49.7 Å². The first-order valence-corrected chi connectivity index (χ1v) is 8.86. The molecule has 0 unspecified atom stereocenters. The maximum absolute atomic E-state index is 12.3. The Morgan fingerprint density at radius 2 is 1.83 bits per heavy atom. The van der Waals surface area contributed by atoms with E-state index in [9.17, 15) is 9.59 Å². The number of benzene rings is 1. The van der Waals surface area contributed by atoms with E-state index in [4.69, 9.17) is 0 Å². The number of nitrogens with zero attached hydrogens (tertiary/aromatic N) is 1.